The van der Waals surface area contributed by atoms with Crippen molar-refractivity contribution >= 4 is 17.5 Å². The Hall–Kier alpha value is -1.84. The second kappa shape index (κ2) is 8.70. The van der Waals surface area contributed by atoms with E-state index in [2.05, 4.69) is 24.4 Å². The molecular weight excluding hydrogens is 310 g/mol. The van der Waals surface area contributed by atoms with Crippen molar-refractivity contribution in [3.63, 3.8) is 0 Å². The first kappa shape index (κ1) is 17.5. The normalized spacial score (nSPS) is 12.0. The predicted octanol–water partition coefficient (Wildman–Crippen LogP) is 4.08. The van der Waals surface area contributed by atoms with Gasteiger partial charge in [-0.25, -0.2) is 0 Å². The minimum atomic E-state index is -0.171. The van der Waals surface area contributed by atoms with E-state index in [-0.39, 0.29) is 12.0 Å². The number of rotatable bonds is 7. The first-order valence-electron chi connectivity index (χ1n) is 7.69. The highest BCUT2D eigenvalue weighted by molar-refractivity contribution is 6.30. The van der Waals surface area contributed by atoms with Gasteiger partial charge in [-0.2, -0.15) is 0 Å². The smallest absolute Gasteiger partial charge is 0.220 e. The second-order valence-corrected chi connectivity index (χ2v) is 6.01. The molecule has 3 nitrogen and oxygen atoms in total. The third-order valence-corrected chi connectivity index (χ3v) is 3.99. The Morgan fingerprint density at radius 3 is 2.61 bits per heavy atom. The van der Waals surface area contributed by atoms with Crippen molar-refractivity contribution in [1.82, 2.24) is 5.32 Å². The lowest BCUT2D eigenvalue weighted by Crippen LogP contribution is -2.29. The maximum atomic E-state index is 12.0. The fourth-order valence-electron chi connectivity index (χ4n) is 2.44. The van der Waals surface area contributed by atoms with Crippen LogP contribution < -0.4 is 5.32 Å². The van der Waals surface area contributed by atoms with E-state index < -0.39 is 0 Å². The van der Waals surface area contributed by atoms with Gasteiger partial charge in [0.2, 0.25) is 5.91 Å². The molecule has 0 bridgehead atoms. The Morgan fingerprint density at radius 1 is 1.22 bits per heavy atom. The summed E-state index contributed by atoms with van der Waals surface area (Å²) in [5, 5.41) is 3.62. The highest BCUT2D eigenvalue weighted by Gasteiger charge is 2.12. The zero-order valence-electron chi connectivity index (χ0n) is 13.5. The average molecular weight is 332 g/mol. The molecule has 122 valence electrons. The van der Waals surface area contributed by atoms with E-state index in [1.165, 1.54) is 11.1 Å². The third kappa shape index (κ3) is 5.70. The highest BCUT2D eigenvalue weighted by atomic mass is 35.5. The van der Waals surface area contributed by atoms with Gasteiger partial charge in [-0.1, -0.05) is 53.6 Å². The predicted molar refractivity (Wildman–Crippen MR) is 93.7 cm³/mol. The van der Waals surface area contributed by atoms with Crippen molar-refractivity contribution in [3.05, 3.63) is 70.2 Å². The molecule has 0 aliphatic carbocycles. The number of carbonyl (C=O) groups is 1. The van der Waals surface area contributed by atoms with Crippen LogP contribution in [0.25, 0.3) is 0 Å². The summed E-state index contributed by atoms with van der Waals surface area (Å²) < 4.78 is 5.45. The molecule has 1 amide bonds. The van der Waals surface area contributed by atoms with E-state index in [1.54, 1.807) is 7.11 Å². The van der Waals surface area contributed by atoms with Gasteiger partial charge in [0, 0.05) is 25.1 Å². The van der Waals surface area contributed by atoms with Crippen molar-refractivity contribution in [2.24, 2.45) is 0 Å². The summed E-state index contributed by atoms with van der Waals surface area (Å²) in [6.07, 6.45) is 1.04. The number of methoxy groups -OCH3 is 1. The molecule has 0 saturated heterocycles. The van der Waals surface area contributed by atoms with Crippen molar-refractivity contribution in [1.29, 1.82) is 0 Å². The van der Waals surface area contributed by atoms with Crippen molar-refractivity contribution < 1.29 is 9.53 Å². The molecule has 0 radical (unpaired) electrons. The molecule has 0 heterocycles. The maximum absolute atomic E-state index is 12.0. The van der Waals surface area contributed by atoms with Gasteiger partial charge in [0.1, 0.15) is 0 Å². The summed E-state index contributed by atoms with van der Waals surface area (Å²) in [4.78, 5) is 12.0. The molecule has 1 atom stereocenters. The molecule has 4 heteroatoms. The van der Waals surface area contributed by atoms with Crippen molar-refractivity contribution in [2.45, 2.75) is 25.9 Å². The minimum Gasteiger partial charge on any atom is -0.375 e. The zero-order valence-corrected chi connectivity index (χ0v) is 14.3. The molecule has 0 spiro atoms. The number of amides is 1. The van der Waals surface area contributed by atoms with Gasteiger partial charge in [-0.05, 0) is 36.6 Å². The molecule has 2 aromatic rings. The summed E-state index contributed by atoms with van der Waals surface area (Å²) >= 11 is 5.89. The number of aryl methyl sites for hydroxylation is 2. The second-order valence-electron chi connectivity index (χ2n) is 5.57. The summed E-state index contributed by atoms with van der Waals surface area (Å²) in [5.41, 5.74) is 3.39. The lowest BCUT2D eigenvalue weighted by molar-refractivity contribution is -0.121. The molecule has 0 saturated carbocycles. The first-order valence-corrected chi connectivity index (χ1v) is 8.07. The molecule has 2 rings (SSSR count). The summed E-state index contributed by atoms with van der Waals surface area (Å²) in [6.45, 7) is 2.50. The van der Waals surface area contributed by atoms with E-state index in [0.29, 0.717) is 18.0 Å². The Bertz CT molecular complexity index is 640. The van der Waals surface area contributed by atoms with Gasteiger partial charge in [-0.3, -0.25) is 4.79 Å². The van der Waals surface area contributed by atoms with Crippen LogP contribution in [0.1, 0.15) is 29.2 Å². The lowest BCUT2D eigenvalue weighted by Gasteiger charge is -2.16. The molecule has 0 aliphatic rings. The maximum Gasteiger partial charge on any atom is 0.220 e. The van der Waals surface area contributed by atoms with Gasteiger partial charge >= 0.3 is 0 Å². The van der Waals surface area contributed by atoms with Crippen LogP contribution in [0.2, 0.25) is 5.02 Å². The van der Waals surface area contributed by atoms with Crippen LogP contribution in [0.15, 0.2) is 48.5 Å². The number of hydrogen-bond acceptors (Lipinski definition) is 2. The molecule has 23 heavy (non-hydrogen) atoms. The van der Waals surface area contributed by atoms with Crippen LogP contribution in [0.4, 0.5) is 0 Å². The number of carbonyl (C=O) groups excluding carboxylic acids is 1. The van der Waals surface area contributed by atoms with Crippen molar-refractivity contribution in [2.75, 3.05) is 13.7 Å². The number of hydrogen-bond donors (Lipinski definition) is 1. The van der Waals surface area contributed by atoms with Gasteiger partial charge in [-0.15, -0.1) is 0 Å². The van der Waals surface area contributed by atoms with Crippen molar-refractivity contribution in [3.8, 4) is 0 Å². The van der Waals surface area contributed by atoms with Gasteiger partial charge in [0.15, 0.2) is 0 Å². The molecule has 0 unspecified atom stereocenters. The first-order chi connectivity index (χ1) is 11.1. The van der Waals surface area contributed by atoms with Gasteiger partial charge in [0.05, 0.1) is 6.10 Å². The van der Waals surface area contributed by atoms with Crippen LogP contribution in [0.5, 0.6) is 0 Å². The summed E-state index contributed by atoms with van der Waals surface area (Å²) in [7, 11) is 1.64. The van der Waals surface area contributed by atoms with Crippen LogP contribution in [-0.4, -0.2) is 19.6 Å². The Balaban J connectivity index is 1.81. The standard InChI is InChI=1S/C19H22ClNO2/c1-14-4-3-5-15(12-14)6-11-19(22)21-13-18(23-2)16-7-9-17(20)10-8-16/h3-5,7-10,12,18H,6,11,13H2,1-2H3,(H,21,22)/t18-/m1/s1. The van der Waals surface area contributed by atoms with E-state index in [9.17, 15) is 4.79 Å². The van der Waals surface area contributed by atoms with E-state index in [1.807, 2.05) is 36.4 Å². The lowest BCUT2D eigenvalue weighted by atomic mass is 10.1. The van der Waals surface area contributed by atoms with E-state index in [0.717, 1.165) is 12.0 Å². The van der Waals surface area contributed by atoms with Gasteiger partial charge < -0.3 is 10.1 Å². The van der Waals surface area contributed by atoms with E-state index in [4.69, 9.17) is 16.3 Å². The highest BCUT2D eigenvalue weighted by Crippen LogP contribution is 2.18. The number of nitrogens with one attached hydrogen (secondary N) is 1. The summed E-state index contributed by atoms with van der Waals surface area (Å²) in [5.74, 6) is 0.0301. The van der Waals surface area contributed by atoms with Crippen LogP contribution >= 0.6 is 11.6 Å². The topological polar surface area (TPSA) is 38.3 Å². The van der Waals surface area contributed by atoms with Crippen LogP contribution in [-0.2, 0) is 16.0 Å². The minimum absolute atomic E-state index is 0.0301. The largest absolute Gasteiger partial charge is 0.375 e. The third-order valence-electron chi connectivity index (χ3n) is 3.73. The molecular formula is C19H22ClNO2. The fraction of sp³-hybridized carbons (Fsp3) is 0.316. The van der Waals surface area contributed by atoms with E-state index >= 15 is 0 Å². The SMILES string of the molecule is CO[C@H](CNC(=O)CCc1cccc(C)c1)c1ccc(Cl)cc1. The molecule has 0 fully saturated rings. The van der Waals surface area contributed by atoms with Crippen LogP contribution in [0, 0.1) is 6.92 Å². The quantitative estimate of drug-likeness (QED) is 0.830. The Morgan fingerprint density at radius 2 is 1.96 bits per heavy atom. The molecule has 0 aromatic heterocycles. The average Bonchev–Trinajstić information content (AvgIpc) is 2.55. The van der Waals surface area contributed by atoms with Gasteiger partial charge in [0.25, 0.3) is 0 Å². The molecule has 0 aliphatic heterocycles. The van der Waals surface area contributed by atoms with Crippen LogP contribution in [0.3, 0.4) is 0 Å². The zero-order chi connectivity index (χ0) is 16.7. The monoisotopic (exact) mass is 331 g/mol. The molecule has 1 N–H and O–H groups in total. The molecule has 2 aromatic carbocycles. The Kier molecular flexibility index (Phi) is 6.63. The Labute approximate surface area is 142 Å². The number of ether oxygens (including phenoxy) is 1. The summed E-state index contributed by atoms with van der Waals surface area (Å²) in [6, 6.07) is 15.7. The number of halogens is 1. The number of benzene rings is 2. The fourth-order valence-corrected chi connectivity index (χ4v) is 2.56.